The van der Waals surface area contributed by atoms with Crippen molar-refractivity contribution in [3.63, 3.8) is 0 Å². The number of nitrogens with one attached hydrogen (secondary N) is 5. The maximum atomic E-state index is 13.6. The molecule has 0 radical (unpaired) electrons. The first-order valence-electron chi connectivity index (χ1n) is 28.6. The molecular weight excluding hydrogens is 1120 g/mol. The first-order valence-corrected chi connectivity index (χ1v) is 32.0. The summed E-state index contributed by atoms with van der Waals surface area (Å²) in [6, 6.07) is 19.7. The maximum absolute atomic E-state index is 13.6. The molecule has 25 heteroatoms. The topological polar surface area (TPSA) is 271 Å². The van der Waals surface area contributed by atoms with Crippen molar-refractivity contribution in [1.29, 1.82) is 0 Å². The molecule has 22 nitrogen and oxygen atoms in total. The standard InChI is InChI=1S/C29H38ClN7O4S.C29H37N7O4S/c1-28(2)13-11-20(34-28)6-5-17-31-22-7-4-8-25(32-22)42(39,40)36-27(38)21-9-10-23(33-26(21)30)37-18-12-24(35-37)41-19-16-29(3)14-15-29;1-28(2)13-11-20-6-5-17-30-22-7-4-8-25(31-22)41(38,39)34-27(37)21-9-10-23(32-26(21)36(20)28)35-18-12-24(33-35)40-19-16-29(3)14-15-29/h4,7-10,12,18,20,34H,5-6,11,13-17,19H2,1-3H3,(H,31,32)(H,36,38);4,7-10,12,18,20H,5-6,11,13-17,19H2,1-3H3,(H,30,31)(H,34,37). The second-order valence-corrected chi connectivity index (χ2v) is 28.0. The van der Waals surface area contributed by atoms with Crippen molar-refractivity contribution in [3.05, 3.63) is 101 Å². The predicted octanol–water partition coefficient (Wildman–Crippen LogP) is 9.03. The number of aromatic nitrogens is 8. The second kappa shape index (κ2) is 24.0. The molecule has 2 unspecified atom stereocenters. The van der Waals surface area contributed by atoms with Crippen LogP contribution >= 0.6 is 11.6 Å². The zero-order chi connectivity index (χ0) is 58.8. The van der Waals surface area contributed by atoms with E-state index in [4.69, 9.17) is 26.1 Å². The number of fused-ring (bicyclic) bond motifs is 5. The van der Waals surface area contributed by atoms with Gasteiger partial charge in [0.2, 0.25) is 11.8 Å². The lowest BCUT2D eigenvalue weighted by Gasteiger charge is -2.38. The average Bonchev–Trinajstić information content (AvgIpc) is 3.50. The van der Waals surface area contributed by atoms with Crippen molar-refractivity contribution in [3.8, 4) is 23.4 Å². The number of hydrogen-bond donors (Lipinski definition) is 5. The summed E-state index contributed by atoms with van der Waals surface area (Å²) in [4.78, 5) is 46.3. The average molecular weight is 1200 g/mol. The third-order valence-electron chi connectivity index (χ3n) is 16.5. The van der Waals surface area contributed by atoms with Gasteiger partial charge in [0.1, 0.15) is 22.6 Å². The van der Waals surface area contributed by atoms with Crippen LogP contribution in [-0.2, 0) is 20.0 Å². The van der Waals surface area contributed by atoms with E-state index in [0.717, 1.165) is 64.2 Å². The minimum absolute atomic E-state index is 0.0942. The highest BCUT2D eigenvalue weighted by Crippen LogP contribution is 2.49. The number of pyridine rings is 4. The Morgan fingerprint density at radius 2 is 1.43 bits per heavy atom. The summed E-state index contributed by atoms with van der Waals surface area (Å²) >= 11 is 6.29. The minimum atomic E-state index is -4.26. The van der Waals surface area contributed by atoms with Gasteiger partial charge in [0.25, 0.3) is 31.9 Å². The molecule has 6 aromatic heterocycles. The van der Waals surface area contributed by atoms with E-state index in [0.29, 0.717) is 84.0 Å². The van der Waals surface area contributed by atoms with Gasteiger partial charge in [0.15, 0.2) is 21.7 Å². The first-order chi connectivity index (χ1) is 39.4. The molecule has 11 rings (SSSR count). The van der Waals surface area contributed by atoms with Gasteiger partial charge in [0, 0.05) is 60.8 Å². The summed E-state index contributed by atoms with van der Waals surface area (Å²) in [6.45, 7) is 15.7. The van der Waals surface area contributed by atoms with Crippen LogP contribution in [0.15, 0.2) is 95.2 Å². The summed E-state index contributed by atoms with van der Waals surface area (Å²) in [7, 11) is -8.48. The van der Waals surface area contributed by atoms with E-state index < -0.39 is 31.9 Å². The lowest BCUT2D eigenvalue weighted by atomic mass is 10.0. The first kappa shape index (κ1) is 59.3. The molecule has 2 bridgehead atoms. The van der Waals surface area contributed by atoms with Crippen molar-refractivity contribution < 1.29 is 35.9 Å². The van der Waals surface area contributed by atoms with E-state index in [1.165, 1.54) is 54.6 Å². The zero-order valence-electron chi connectivity index (χ0n) is 48.0. The number of rotatable bonds is 18. The smallest absolute Gasteiger partial charge is 0.281 e. The number of halogens is 1. The summed E-state index contributed by atoms with van der Waals surface area (Å²) < 4.78 is 71.3. The largest absolute Gasteiger partial charge is 0.477 e. The van der Waals surface area contributed by atoms with Crippen molar-refractivity contribution in [1.82, 2.24) is 54.3 Å². The van der Waals surface area contributed by atoms with Crippen LogP contribution in [0.25, 0.3) is 11.6 Å². The van der Waals surface area contributed by atoms with Crippen molar-refractivity contribution in [2.75, 3.05) is 41.8 Å². The van der Waals surface area contributed by atoms with Gasteiger partial charge in [-0.05, 0) is 177 Å². The van der Waals surface area contributed by atoms with Crippen molar-refractivity contribution >= 4 is 60.9 Å². The van der Waals surface area contributed by atoms with E-state index in [2.05, 4.69) is 92.3 Å². The number of nitrogens with zero attached hydrogens (tertiary/aromatic N) is 9. The molecule has 2 saturated carbocycles. The Balaban J connectivity index is 0.000000185. The molecule has 2 amide bonds. The Hall–Kier alpha value is -6.89. The number of carbonyl (C=O) groups is 2. The number of amides is 2. The highest BCUT2D eigenvalue weighted by atomic mass is 35.5. The molecule has 0 spiro atoms. The Labute approximate surface area is 490 Å². The third-order valence-corrected chi connectivity index (χ3v) is 19.2. The van der Waals surface area contributed by atoms with Crippen LogP contribution in [0.5, 0.6) is 11.8 Å². The molecule has 5 N–H and O–H groups in total. The molecule has 6 aromatic rings. The van der Waals surface area contributed by atoms with E-state index in [9.17, 15) is 26.4 Å². The zero-order valence-corrected chi connectivity index (χ0v) is 50.3. The highest BCUT2D eigenvalue weighted by Gasteiger charge is 2.43. The van der Waals surface area contributed by atoms with Crippen LogP contribution in [0, 0.1) is 10.8 Å². The predicted molar refractivity (Wildman–Crippen MR) is 316 cm³/mol. The monoisotopic (exact) mass is 1190 g/mol. The van der Waals surface area contributed by atoms with Crippen LogP contribution in [-0.4, -0.2) is 118 Å². The molecule has 2 saturated heterocycles. The molecule has 5 aliphatic rings. The fourth-order valence-electron chi connectivity index (χ4n) is 10.8. The third kappa shape index (κ3) is 14.9. The van der Waals surface area contributed by atoms with Crippen LogP contribution in [0.3, 0.4) is 0 Å². The maximum Gasteiger partial charge on any atom is 0.281 e. The van der Waals surface area contributed by atoms with Gasteiger partial charge in [-0.2, -0.15) is 16.8 Å². The fraction of sp³-hybridized carbons (Fsp3) is 0.517. The van der Waals surface area contributed by atoms with Gasteiger partial charge in [-0.25, -0.2) is 38.7 Å². The lowest BCUT2D eigenvalue weighted by Crippen LogP contribution is -2.45. The lowest BCUT2D eigenvalue weighted by molar-refractivity contribution is 0.0972. The summed E-state index contributed by atoms with van der Waals surface area (Å²) in [5.74, 6) is 1.49. The van der Waals surface area contributed by atoms with Crippen LogP contribution in [0.1, 0.15) is 152 Å². The molecule has 2 aliphatic carbocycles. The minimum Gasteiger partial charge on any atom is -0.477 e. The van der Waals surface area contributed by atoms with E-state index >= 15 is 0 Å². The van der Waals surface area contributed by atoms with Gasteiger partial charge in [-0.15, -0.1) is 10.2 Å². The summed E-state index contributed by atoms with van der Waals surface area (Å²) in [6.07, 6.45) is 18.2. The fourth-order valence-corrected chi connectivity index (χ4v) is 12.9. The van der Waals surface area contributed by atoms with Gasteiger partial charge in [0.05, 0.1) is 24.3 Å². The van der Waals surface area contributed by atoms with E-state index in [1.54, 1.807) is 65.6 Å². The molecule has 83 heavy (non-hydrogen) atoms. The Morgan fingerprint density at radius 1 is 0.771 bits per heavy atom. The molecule has 0 aromatic carbocycles. The number of ether oxygens (including phenoxy) is 2. The normalized spacial score (nSPS) is 20.7. The SMILES string of the molecule is CC1(CCOc2ccn(-c3ccc(C(=O)NS(=O)(=O)c4cccc(NCCCC5CCC(C)(C)N5)n4)c(Cl)n3)n2)CC1.CC1(CCOc2ccn(-c3ccc4c(n3)N3C(CCCNc5cccc(n5)S(=O)(=O)NC4=O)CCC3(C)C)n2)CC1. The Bertz CT molecular complexity index is 3570. The molecule has 3 aliphatic heterocycles. The molecule has 4 fully saturated rings. The molecule has 2 atom stereocenters. The van der Waals surface area contributed by atoms with Crippen molar-refractivity contribution in [2.45, 2.75) is 165 Å². The number of hydrogen-bond acceptors (Lipinski definition) is 18. The molecular formula is C58H75ClN14O8S2. The van der Waals surface area contributed by atoms with E-state index in [-0.39, 0.29) is 43.5 Å². The summed E-state index contributed by atoms with van der Waals surface area (Å²) in [5.41, 5.74) is 0.768. The van der Waals surface area contributed by atoms with Crippen LogP contribution in [0.2, 0.25) is 5.15 Å². The summed E-state index contributed by atoms with van der Waals surface area (Å²) in [5, 5.41) is 18.3. The van der Waals surface area contributed by atoms with Gasteiger partial charge < -0.3 is 30.3 Å². The van der Waals surface area contributed by atoms with Gasteiger partial charge >= 0.3 is 0 Å². The number of carbonyl (C=O) groups excluding carboxylic acids is 2. The highest BCUT2D eigenvalue weighted by molar-refractivity contribution is 7.90. The molecule has 444 valence electrons. The Morgan fingerprint density at radius 3 is 2.08 bits per heavy atom. The van der Waals surface area contributed by atoms with Crippen molar-refractivity contribution in [2.24, 2.45) is 10.8 Å². The number of anilines is 3. The van der Waals surface area contributed by atoms with Gasteiger partial charge in [-0.1, -0.05) is 37.6 Å². The van der Waals surface area contributed by atoms with Gasteiger partial charge in [-0.3, -0.25) is 9.59 Å². The van der Waals surface area contributed by atoms with Crippen LogP contribution < -0.4 is 39.8 Å². The number of sulfonamides is 2. The second-order valence-electron chi connectivity index (χ2n) is 24.4. The van der Waals surface area contributed by atoms with Crippen LogP contribution in [0.4, 0.5) is 17.5 Å². The molecule has 9 heterocycles. The Kier molecular flexibility index (Phi) is 17.1. The quantitative estimate of drug-likeness (QED) is 0.0396. The van der Waals surface area contributed by atoms with E-state index in [1.807, 2.05) is 4.72 Å².